The van der Waals surface area contributed by atoms with Crippen LogP contribution in [0.5, 0.6) is 0 Å². The highest BCUT2D eigenvalue weighted by Crippen LogP contribution is 2.17. The first-order valence-electron chi connectivity index (χ1n) is 6.50. The number of nitrogens with one attached hydrogen (secondary N) is 1. The Morgan fingerprint density at radius 2 is 1.88 bits per heavy atom. The maximum atomic E-state index is 11.4. The number of carbonyl (C=O) groups is 1. The Morgan fingerprint density at radius 1 is 1.24 bits per heavy atom. The van der Waals surface area contributed by atoms with Gasteiger partial charge in [0.1, 0.15) is 6.61 Å². The molecule has 100 valence electrons. The van der Waals surface area contributed by atoms with Gasteiger partial charge in [-0.1, -0.05) is 12.8 Å². The molecule has 1 rings (SSSR count). The molecule has 1 saturated carbocycles. The van der Waals surface area contributed by atoms with Gasteiger partial charge in [0, 0.05) is 6.04 Å². The lowest BCUT2D eigenvalue weighted by molar-refractivity contribution is -0.145. The molecule has 0 aromatic heterocycles. The molecule has 0 aromatic rings. The van der Waals surface area contributed by atoms with Crippen LogP contribution in [0.25, 0.3) is 0 Å². The predicted octanol–water partition coefficient (Wildman–Crippen LogP) is 1.88. The molecule has 1 aliphatic carbocycles. The minimum absolute atomic E-state index is 0.172. The molecule has 0 spiro atoms. The summed E-state index contributed by atoms with van der Waals surface area (Å²) in [4.78, 5) is 11.4. The fourth-order valence-electron chi connectivity index (χ4n) is 1.91. The summed E-state index contributed by atoms with van der Waals surface area (Å²) < 4.78 is 10.5. The van der Waals surface area contributed by atoms with E-state index in [4.69, 9.17) is 9.47 Å². The lowest BCUT2D eigenvalue weighted by Gasteiger charge is -2.19. The molecule has 4 heteroatoms. The molecular formula is C13H25NO3. The first kappa shape index (κ1) is 14.5. The van der Waals surface area contributed by atoms with Crippen molar-refractivity contribution in [2.45, 2.75) is 58.1 Å². The van der Waals surface area contributed by atoms with Crippen molar-refractivity contribution >= 4 is 5.97 Å². The van der Waals surface area contributed by atoms with Crippen molar-refractivity contribution in [3.05, 3.63) is 0 Å². The Labute approximate surface area is 104 Å². The summed E-state index contributed by atoms with van der Waals surface area (Å²) in [6, 6.07) is 0.508. The highest BCUT2D eigenvalue weighted by atomic mass is 16.6. The second kappa shape index (κ2) is 6.97. The van der Waals surface area contributed by atoms with Crippen molar-refractivity contribution in [1.82, 2.24) is 5.32 Å². The van der Waals surface area contributed by atoms with E-state index in [0.29, 0.717) is 25.8 Å². The highest BCUT2D eigenvalue weighted by molar-refractivity contribution is 5.71. The van der Waals surface area contributed by atoms with E-state index in [1.807, 2.05) is 20.8 Å². The van der Waals surface area contributed by atoms with Gasteiger partial charge in [-0.3, -0.25) is 4.79 Å². The summed E-state index contributed by atoms with van der Waals surface area (Å²) in [5, 5.41) is 3.22. The molecule has 0 saturated heterocycles. The number of carbonyl (C=O) groups excluding carboxylic acids is 1. The summed E-state index contributed by atoms with van der Waals surface area (Å²) in [6.07, 6.45) is 4.90. The van der Waals surface area contributed by atoms with E-state index in [9.17, 15) is 4.79 Å². The Kier molecular flexibility index (Phi) is 5.92. The summed E-state index contributed by atoms with van der Waals surface area (Å²) in [7, 11) is 0. The third-order valence-electron chi connectivity index (χ3n) is 2.77. The predicted molar refractivity (Wildman–Crippen MR) is 66.9 cm³/mol. The molecule has 1 fully saturated rings. The van der Waals surface area contributed by atoms with Crippen LogP contribution >= 0.6 is 0 Å². The van der Waals surface area contributed by atoms with E-state index in [2.05, 4.69) is 5.32 Å². The summed E-state index contributed by atoms with van der Waals surface area (Å²) in [5.41, 5.74) is -0.172. The third-order valence-corrected chi connectivity index (χ3v) is 2.77. The Hall–Kier alpha value is -0.610. The highest BCUT2D eigenvalue weighted by Gasteiger charge is 2.15. The fraction of sp³-hybridized carbons (Fsp3) is 0.923. The fourth-order valence-corrected chi connectivity index (χ4v) is 1.91. The molecule has 0 amide bonds. The Balaban J connectivity index is 1.97. The van der Waals surface area contributed by atoms with Gasteiger partial charge in [0.2, 0.25) is 0 Å². The van der Waals surface area contributed by atoms with Crippen LogP contribution < -0.4 is 5.32 Å². The van der Waals surface area contributed by atoms with E-state index >= 15 is 0 Å². The van der Waals surface area contributed by atoms with E-state index in [-0.39, 0.29) is 11.6 Å². The van der Waals surface area contributed by atoms with Gasteiger partial charge in [-0.2, -0.15) is 0 Å². The minimum atomic E-state index is -0.186. The zero-order chi connectivity index (χ0) is 12.7. The summed E-state index contributed by atoms with van der Waals surface area (Å²) in [6.45, 7) is 7.06. The number of hydrogen-bond acceptors (Lipinski definition) is 4. The van der Waals surface area contributed by atoms with Crippen molar-refractivity contribution < 1.29 is 14.3 Å². The number of hydrogen-bond donors (Lipinski definition) is 1. The lowest BCUT2D eigenvalue weighted by Crippen LogP contribution is -2.33. The number of rotatable bonds is 6. The Bertz CT molecular complexity index is 229. The van der Waals surface area contributed by atoms with E-state index in [0.717, 1.165) is 0 Å². The monoisotopic (exact) mass is 243 g/mol. The molecule has 0 unspecified atom stereocenters. The molecule has 0 radical (unpaired) electrons. The number of ether oxygens (including phenoxy) is 2. The Morgan fingerprint density at radius 3 is 2.47 bits per heavy atom. The van der Waals surface area contributed by atoms with Crippen LogP contribution in [0.3, 0.4) is 0 Å². The van der Waals surface area contributed by atoms with Crippen molar-refractivity contribution in [2.75, 3.05) is 19.8 Å². The average molecular weight is 243 g/mol. The van der Waals surface area contributed by atoms with Gasteiger partial charge in [-0.15, -0.1) is 0 Å². The van der Waals surface area contributed by atoms with Crippen LogP contribution in [-0.4, -0.2) is 37.4 Å². The zero-order valence-electron chi connectivity index (χ0n) is 11.3. The largest absolute Gasteiger partial charge is 0.462 e. The van der Waals surface area contributed by atoms with Crippen LogP contribution in [0.2, 0.25) is 0 Å². The van der Waals surface area contributed by atoms with Crippen LogP contribution in [-0.2, 0) is 14.3 Å². The molecule has 0 atom stereocenters. The van der Waals surface area contributed by atoms with Gasteiger partial charge in [0.05, 0.1) is 18.8 Å². The van der Waals surface area contributed by atoms with E-state index in [1.54, 1.807) is 0 Å². The van der Waals surface area contributed by atoms with Gasteiger partial charge in [-0.25, -0.2) is 0 Å². The summed E-state index contributed by atoms with van der Waals surface area (Å²) >= 11 is 0. The summed E-state index contributed by atoms with van der Waals surface area (Å²) in [5.74, 6) is -0.186. The van der Waals surface area contributed by atoms with Crippen molar-refractivity contribution in [1.29, 1.82) is 0 Å². The minimum Gasteiger partial charge on any atom is -0.462 e. The van der Waals surface area contributed by atoms with Crippen LogP contribution in [0.15, 0.2) is 0 Å². The molecule has 17 heavy (non-hydrogen) atoms. The third kappa shape index (κ3) is 7.34. The molecule has 0 bridgehead atoms. The first-order valence-corrected chi connectivity index (χ1v) is 6.50. The molecule has 1 N–H and O–H groups in total. The second-order valence-corrected chi connectivity index (χ2v) is 5.54. The van der Waals surface area contributed by atoms with E-state index in [1.165, 1.54) is 25.7 Å². The van der Waals surface area contributed by atoms with Gasteiger partial charge in [0.15, 0.2) is 0 Å². The molecule has 0 aliphatic heterocycles. The smallest absolute Gasteiger partial charge is 0.320 e. The van der Waals surface area contributed by atoms with Crippen molar-refractivity contribution in [3.8, 4) is 0 Å². The molecule has 0 heterocycles. The standard InChI is InChI=1S/C13H25NO3/c1-13(2,3)17-9-8-16-12(15)10-14-11-6-4-5-7-11/h11,14H,4-10H2,1-3H3. The average Bonchev–Trinajstić information content (AvgIpc) is 2.73. The van der Waals surface area contributed by atoms with Crippen LogP contribution in [0, 0.1) is 0 Å². The van der Waals surface area contributed by atoms with E-state index < -0.39 is 0 Å². The quantitative estimate of drug-likeness (QED) is 0.571. The number of esters is 1. The molecular weight excluding hydrogens is 218 g/mol. The second-order valence-electron chi connectivity index (χ2n) is 5.54. The van der Waals surface area contributed by atoms with Crippen molar-refractivity contribution in [2.24, 2.45) is 0 Å². The molecule has 0 aromatic carbocycles. The lowest BCUT2D eigenvalue weighted by atomic mass is 10.2. The maximum Gasteiger partial charge on any atom is 0.320 e. The normalized spacial score (nSPS) is 17.4. The first-order chi connectivity index (χ1) is 7.97. The van der Waals surface area contributed by atoms with Crippen LogP contribution in [0.4, 0.5) is 0 Å². The maximum absolute atomic E-state index is 11.4. The SMILES string of the molecule is CC(C)(C)OCCOC(=O)CNC1CCCC1. The van der Waals surface area contributed by atoms with Gasteiger partial charge in [-0.05, 0) is 33.6 Å². The van der Waals surface area contributed by atoms with Gasteiger partial charge >= 0.3 is 5.97 Å². The van der Waals surface area contributed by atoms with Crippen molar-refractivity contribution in [3.63, 3.8) is 0 Å². The molecule has 1 aliphatic rings. The zero-order valence-corrected chi connectivity index (χ0v) is 11.3. The van der Waals surface area contributed by atoms with Crippen LogP contribution in [0.1, 0.15) is 46.5 Å². The van der Waals surface area contributed by atoms with Gasteiger partial charge in [0.25, 0.3) is 0 Å². The topological polar surface area (TPSA) is 47.6 Å². The molecule has 4 nitrogen and oxygen atoms in total. The van der Waals surface area contributed by atoms with Gasteiger partial charge < -0.3 is 14.8 Å².